The molecule has 16 heavy (non-hydrogen) atoms. The third-order valence-corrected chi connectivity index (χ3v) is 2.54. The van der Waals surface area contributed by atoms with E-state index < -0.39 is 0 Å². The average molecular weight is 220 g/mol. The molecule has 3 N–H and O–H groups in total. The Bertz CT molecular complexity index is 395. The molecule has 0 spiro atoms. The normalized spacial score (nSPS) is 14.2. The molecule has 2 nitrogen and oxygen atoms in total. The number of nitrogens with two attached hydrogens (primary N) is 1. The van der Waals surface area contributed by atoms with Gasteiger partial charge in [0.05, 0.1) is 6.04 Å². The summed E-state index contributed by atoms with van der Waals surface area (Å²) in [6, 6.07) is 4.92. The van der Waals surface area contributed by atoms with Crippen molar-refractivity contribution in [2.24, 2.45) is 5.73 Å². The summed E-state index contributed by atoms with van der Waals surface area (Å²) in [6.07, 6.45) is 5.28. The number of nitrogens with one attached hydrogen (secondary N) is 1. The SMILES string of the molecule is C#CC(C)NC(CN)c1ccc(C)c(F)c1. The van der Waals surface area contributed by atoms with Crippen molar-refractivity contribution in [1.82, 2.24) is 5.32 Å². The van der Waals surface area contributed by atoms with Crippen LogP contribution in [0.25, 0.3) is 0 Å². The molecule has 0 heterocycles. The minimum atomic E-state index is -0.217. The van der Waals surface area contributed by atoms with Crippen LogP contribution in [0.5, 0.6) is 0 Å². The highest BCUT2D eigenvalue weighted by molar-refractivity contribution is 5.26. The first kappa shape index (κ1) is 12.7. The first-order valence-electron chi connectivity index (χ1n) is 5.26. The third-order valence-electron chi connectivity index (χ3n) is 2.54. The van der Waals surface area contributed by atoms with Gasteiger partial charge < -0.3 is 5.73 Å². The summed E-state index contributed by atoms with van der Waals surface area (Å²) in [4.78, 5) is 0. The van der Waals surface area contributed by atoms with Crippen LogP contribution in [-0.4, -0.2) is 12.6 Å². The Kier molecular flexibility index (Phi) is 4.48. The van der Waals surface area contributed by atoms with Crippen LogP contribution in [0.15, 0.2) is 18.2 Å². The maximum Gasteiger partial charge on any atom is 0.126 e. The fourth-order valence-electron chi connectivity index (χ4n) is 1.48. The molecule has 0 aliphatic heterocycles. The summed E-state index contributed by atoms with van der Waals surface area (Å²) in [5.41, 5.74) is 7.10. The van der Waals surface area contributed by atoms with E-state index in [-0.39, 0.29) is 17.9 Å². The summed E-state index contributed by atoms with van der Waals surface area (Å²) in [7, 11) is 0. The van der Waals surface area contributed by atoms with Crippen molar-refractivity contribution < 1.29 is 4.39 Å². The van der Waals surface area contributed by atoms with E-state index in [9.17, 15) is 4.39 Å². The minimum Gasteiger partial charge on any atom is -0.329 e. The topological polar surface area (TPSA) is 38.0 Å². The molecular formula is C13H17FN2. The number of rotatable bonds is 4. The molecule has 0 saturated carbocycles. The van der Waals surface area contributed by atoms with Crippen LogP contribution in [-0.2, 0) is 0 Å². The second-order valence-electron chi connectivity index (χ2n) is 3.85. The number of hydrogen-bond donors (Lipinski definition) is 2. The summed E-state index contributed by atoms with van der Waals surface area (Å²) >= 11 is 0. The zero-order chi connectivity index (χ0) is 12.1. The summed E-state index contributed by atoms with van der Waals surface area (Å²) < 4.78 is 13.4. The fourth-order valence-corrected chi connectivity index (χ4v) is 1.48. The van der Waals surface area contributed by atoms with Gasteiger partial charge >= 0.3 is 0 Å². The molecule has 2 atom stereocenters. The molecule has 3 heteroatoms. The van der Waals surface area contributed by atoms with Gasteiger partial charge in [-0.2, -0.15) is 0 Å². The number of hydrogen-bond acceptors (Lipinski definition) is 2. The molecule has 0 amide bonds. The Balaban J connectivity index is 2.87. The molecule has 1 aromatic carbocycles. The van der Waals surface area contributed by atoms with Gasteiger partial charge in [-0.1, -0.05) is 18.1 Å². The van der Waals surface area contributed by atoms with Gasteiger partial charge in [0.2, 0.25) is 0 Å². The number of terminal acetylenes is 1. The molecule has 0 bridgehead atoms. The number of benzene rings is 1. The lowest BCUT2D eigenvalue weighted by molar-refractivity contribution is 0.513. The molecule has 0 radical (unpaired) electrons. The van der Waals surface area contributed by atoms with Crippen LogP contribution in [0.1, 0.15) is 24.1 Å². The quantitative estimate of drug-likeness (QED) is 0.759. The molecule has 1 rings (SSSR count). The van der Waals surface area contributed by atoms with Crippen molar-refractivity contribution in [3.8, 4) is 12.3 Å². The highest BCUT2D eigenvalue weighted by Crippen LogP contribution is 2.16. The first-order chi connectivity index (χ1) is 7.58. The molecule has 0 aliphatic rings. The van der Waals surface area contributed by atoms with Crippen LogP contribution in [0, 0.1) is 25.1 Å². The van der Waals surface area contributed by atoms with Crippen molar-refractivity contribution in [3.05, 3.63) is 35.1 Å². The summed E-state index contributed by atoms with van der Waals surface area (Å²) in [5, 5.41) is 3.15. The summed E-state index contributed by atoms with van der Waals surface area (Å²) in [5.74, 6) is 2.35. The molecule has 2 unspecified atom stereocenters. The second kappa shape index (κ2) is 5.64. The van der Waals surface area contributed by atoms with E-state index >= 15 is 0 Å². The van der Waals surface area contributed by atoms with Crippen LogP contribution in [0.4, 0.5) is 4.39 Å². The van der Waals surface area contributed by atoms with Gasteiger partial charge in [0.25, 0.3) is 0 Å². The van der Waals surface area contributed by atoms with Crippen molar-refractivity contribution in [2.75, 3.05) is 6.54 Å². The Morgan fingerprint density at radius 1 is 1.56 bits per heavy atom. The molecular weight excluding hydrogens is 203 g/mol. The van der Waals surface area contributed by atoms with Crippen molar-refractivity contribution >= 4 is 0 Å². The highest BCUT2D eigenvalue weighted by atomic mass is 19.1. The standard InChI is InChI=1S/C13H17FN2/c1-4-10(3)16-13(8-15)11-6-5-9(2)12(14)7-11/h1,5-7,10,13,16H,8,15H2,2-3H3. The van der Waals surface area contributed by atoms with E-state index in [1.807, 2.05) is 13.0 Å². The third kappa shape index (κ3) is 3.06. The fraction of sp³-hybridized carbons (Fsp3) is 0.385. The lowest BCUT2D eigenvalue weighted by Gasteiger charge is -2.19. The number of halogens is 1. The Labute approximate surface area is 96.0 Å². The zero-order valence-corrected chi connectivity index (χ0v) is 9.63. The number of aryl methyl sites for hydroxylation is 1. The van der Waals surface area contributed by atoms with Crippen molar-refractivity contribution in [2.45, 2.75) is 25.9 Å². The van der Waals surface area contributed by atoms with Crippen LogP contribution < -0.4 is 11.1 Å². The Morgan fingerprint density at radius 3 is 2.75 bits per heavy atom. The molecule has 0 aliphatic carbocycles. The smallest absolute Gasteiger partial charge is 0.126 e. The van der Waals surface area contributed by atoms with E-state index in [1.54, 1.807) is 13.0 Å². The van der Waals surface area contributed by atoms with E-state index in [4.69, 9.17) is 12.2 Å². The predicted octanol–water partition coefficient (Wildman–Crippen LogP) is 1.75. The lowest BCUT2D eigenvalue weighted by atomic mass is 10.0. The maximum absolute atomic E-state index is 13.4. The summed E-state index contributed by atoms with van der Waals surface area (Å²) in [6.45, 7) is 3.98. The van der Waals surface area contributed by atoms with Crippen LogP contribution >= 0.6 is 0 Å². The average Bonchev–Trinajstić information content (AvgIpc) is 2.29. The van der Waals surface area contributed by atoms with Gasteiger partial charge in [0.1, 0.15) is 5.82 Å². The maximum atomic E-state index is 13.4. The molecule has 86 valence electrons. The molecule has 0 aromatic heterocycles. The zero-order valence-electron chi connectivity index (χ0n) is 9.63. The van der Waals surface area contributed by atoms with E-state index in [0.717, 1.165) is 5.56 Å². The molecule has 0 fully saturated rings. The Hall–Kier alpha value is -1.37. The van der Waals surface area contributed by atoms with E-state index in [2.05, 4.69) is 11.2 Å². The van der Waals surface area contributed by atoms with Gasteiger partial charge in [-0.25, -0.2) is 4.39 Å². The van der Waals surface area contributed by atoms with Crippen LogP contribution in [0.2, 0.25) is 0 Å². The first-order valence-corrected chi connectivity index (χ1v) is 5.26. The second-order valence-corrected chi connectivity index (χ2v) is 3.85. The van der Waals surface area contributed by atoms with Gasteiger partial charge in [0, 0.05) is 12.6 Å². The largest absolute Gasteiger partial charge is 0.329 e. The monoisotopic (exact) mass is 220 g/mol. The Morgan fingerprint density at radius 2 is 2.25 bits per heavy atom. The van der Waals surface area contributed by atoms with Crippen molar-refractivity contribution in [1.29, 1.82) is 0 Å². The highest BCUT2D eigenvalue weighted by Gasteiger charge is 2.12. The van der Waals surface area contributed by atoms with Gasteiger partial charge in [-0.15, -0.1) is 6.42 Å². The molecule has 0 saturated heterocycles. The predicted molar refractivity (Wildman–Crippen MR) is 64.4 cm³/mol. The van der Waals surface area contributed by atoms with E-state index in [1.165, 1.54) is 6.07 Å². The van der Waals surface area contributed by atoms with Gasteiger partial charge in [0.15, 0.2) is 0 Å². The van der Waals surface area contributed by atoms with Crippen LogP contribution in [0.3, 0.4) is 0 Å². The lowest BCUT2D eigenvalue weighted by Crippen LogP contribution is -2.34. The van der Waals surface area contributed by atoms with Gasteiger partial charge in [-0.05, 0) is 31.0 Å². The molecule has 1 aromatic rings. The minimum absolute atomic E-state index is 0.0853. The van der Waals surface area contributed by atoms with Crippen molar-refractivity contribution in [3.63, 3.8) is 0 Å². The van der Waals surface area contributed by atoms with E-state index in [0.29, 0.717) is 12.1 Å². The van der Waals surface area contributed by atoms with Gasteiger partial charge in [-0.3, -0.25) is 5.32 Å².